The first-order chi connectivity index (χ1) is 50.3. The Labute approximate surface area is 602 Å². The van der Waals surface area contributed by atoms with Crippen LogP contribution in [0.2, 0.25) is 0 Å². The number of benzene rings is 12. The van der Waals surface area contributed by atoms with E-state index >= 15 is 0 Å². The lowest BCUT2D eigenvalue weighted by molar-refractivity contribution is -0.180. The van der Waals surface area contributed by atoms with Crippen molar-refractivity contribution in [1.29, 1.82) is 0 Å². The summed E-state index contributed by atoms with van der Waals surface area (Å²) in [6, 6.07) is 111. The third-order valence-electron chi connectivity index (χ3n) is 20.2. The van der Waals surface area contributed by atoms with Gasteiger partial charge in [-0.3, -0.25) is 15.0 Å². The van der Waals surface area contributed by atoms with Crippen molar-refractivity contribution in [3.63, 3.8) is 0 Å². The standard InChI is InChI=1S/C95H69F6N3/c1-92(2,94(96,97)98)75-49-51-103-91(60-75)71-43-47-85(88(59-71)68-33-23-31-66(53-68)63-26-10-6-11-27-63)82-39-19-16-36-79(82)74-55-72(77-34-14-17-37-80(77)83-45-41-69(89-40-20-21-50-102-89)57-86(83)64-28-12-7-13-29-64)54-73(56-74)78-35-15-18-38-81(78)84-46-42-70(90-48-44-76(61-104-90)93(3,4)95(99,100)101)58-87(84)67-32-22-30-65(52-67)62-24-8-5-9-25-62/h5-61H,1-4H3. The Hall–Kier alpha value is -12.3. The van der Waals surface area contributed by atoms with Gasteiger partial charge in [-0.1, -0.05) is 249 Å². The minimum atomic E-state index is -4.51. The topological polar surface area (TPSA) is 38.7 Å². The predicted octanol–water partition coefficient (Wildman–Crippen LogP) is 26.9. The number of hydrogen-bond donors (Lipinski definition) is 0. The van der Waals surface area contributed by atoms with Crippen molar-refractivity contribution in [2.24, 2.45) is 0 Å². The fraction of sp³-hybridized carbons (Fsp3) is 0.0842. The van der Waals surface area contributed by atoms with Crippen molar-refractivity contribution < 1.29 is 26.3 Å². The van der Waals surface area contributed by atoms with Gasteiger partial charge in [0.05, 0.1) is 27.9 Å². The maximum absolute atomic E-state index is 14.7. The molecule has 0 atom stereocenters. The summed E-state index contributed by atoms with van der Waals surface area (Å²) in [5.74, 6) is 0. The molecule has 0 amide bonds. The van der Waals surface area contributed by atoms with Gasteiger partial charge in [0.1, 0.15) is 0 Å². The molecule has 0 aliphatic carbocycles. The summed E-state index contributed by atoms with van der Waals surface area (Å²) < 4.78 is 87.5. The number of nitrogens with zero attached hydrogens (tertiary/aromatic N) is 3. The highest BCUT2D eigenvalue weighted by Gasteiger charge is 2.49. The Morgan fingerprint density at radius 3 is 0.942 bits per heavy atom. The molecule has 0 fully saturated rings. The Bertz CT molecular complexity index is 5630. The van der Waals surface area contributed by atoms with Gasteiger partial charge in [-0.05, 0) is 240 Å². The Morgan fingerprint density at radius 1 is 0.192 bits per heavy atom. The van der Waals surface area contributed by atoms with Crippen molar-refractivity contribution >= 4 is 0 Å². The van der Waals surface area contributed by atoms with Gasteiger partial charge in [-0.15, -0.1) is 0 Å². The van der Waals surface area contributed by atoms with E-state index in [2.05, 4.69) is 218 Å². The largest absolute Gasteiger partial charge is 0.397 e. The number of alkyl halides is 6. The molecular weight excluding hydrogens is 1300 g/mol. The highest BCUT2D eigenvalue weighted by atomic mass is 19.4. The minimum Gasteiger partial charge on any atom is -0.256 e. The first-order valence-electron chi connectivity index (χ1n) is 34.6. The molecule has 0 N–H and O–H groups in total. The fourth-order valence-corrected chi connectivity index (χ4v) is 13.9. The average molecular weight is 1370 g/mol. The second kappa shape index (κ2) is 27.9. The number of halogens is 6. The van der Waals surface area contributed by atoms with Crippen LogP contribution in [-0.4, -0.2) is 27.3 Å². The molecule has 15 rings (SSSR count). The maximum atomic E-state index is 14.7. The van der Waals surface area contributed by atoms with Crippen LogP contribution in [0.4, 0.5) is 26.3 Å². The first kappa shape index (κ1) is 67.5. The first-order valence-corrected chi connectivity index (χ1v) is 34.6. The number of rotatable bonds is 16. The quantitative estimate of drug-likeness (QED) is 0.0905. The molecule has 3 aromatic heterocycles. The summed E-state index contributed by atoms with van der Waals surface area (Å²) >= 11 is 0. The molecule has 0 radical (unpaired) electrons. The van der Waals surface area contributed by atoms with E-state index in [0.717, 1.165) is 139 Å². The van der Waals surface area contributed by atoms with Gasteiger partial charge in [0.25, 0.3) is 0 Å². The molecule has 104 heavy (non-hydrogen) atoms. The zero-order valence-electron chi connectivity index (χ0n) is 57.5. The molecule has 0 saturated carbocycles. The zero-order valence-corrected chi connectivity index (χ0v) is 57.5. The average Bonchev–Trinajstić information content (AvgIpc) is 0.770. The Kier molecular flexibility index (Phi) is 18.1. The van der Waals surface area contributed by atoms with E-state index in [1.165, 1.54) is 52.2 Å². The predicted molar refractivity (Wildman–Crippen MR) is 414 cm³/mol. The van der Waals surface area contributed by atoms with Gasteiger partial charge in [-0.25, -0.2) is 0 Å². The summed E-state index contributed by atoms with van der Waals surface area (Å²) in [6.07, 6.45) is -4.39. The van der Waals surface area contributed by atoms with Crippen LogP contribution < -0.4 is 0 Å². The molecule has 9 heteroatoms. The minimum absolute atomic E-state index is 0.0675. The third-order valence-corrected chi connectivity index (χ3v) is 20.2. The summed E-state index contributed by atoms with van der Waals surface area (Å²) in [5.41, 5.74) is 21.2. The van der Waals surface area contributed by atoms with Crippen LogP contribution in [0.15, 0.2) is 346 Å². The van der Waals surface area contributed by atoms with Crippen molar-refractivity contribution in [3.8, 4) is 156 Å². The van der Waals surface area contributed by atoms with Crippen molar-refractivity contribution in [2.75, 3.05) is 0 Å². The van der Waals surface area contributed by atoms with Crippen LogP contribution in [0, 0.1) is 0 Å². The molecule has 0 bridgehead atoms. The molecule has 506 valence electrons. The van der Waals surface area contributed by atoms with Crippen LogP contribution in [0.1, 0.15) is 38.8 Å². The van der Waals surface area contributed by atoms with E-state index < -0.39 is 23.2 Å². The molecule has 0 aliphatic heterocycles. The third kappa shape index (κ3) is 13.4. The molecule has 0 aliphatic rings. The van der Waals surface area contributed by atoms with Crippen LogP contribution in [0.5, 0.6) is 0 Å². The van der Waals surface area contributed by atoms with Gasteiger partial charge in [0.2, 0.25) is 0 Å². The fourth-order valence-electron chi connectivity index (χ4n) is 13.9. The monoisotopic (exact) mass is 1370 g/mol. The lowest BCUT2D eigenvalue weighted by Crippen LogP contribution is -2.36. The summed E-state index contributed by atoms with van der Waals surface area (Å²) in [6.45, 7) is 4.74. The normalized spacial score (nSPS) is 11.9. The van der Waals surface area contributed by atoms with Gasteiger partial charge in [-0.2, -0.15) is 26.3 Å². The molecule has 3 heterocycles. The lowest BCUT2D eigenvalue weighted by atomic mass is 9.82. The van der Waals surface area contributed by atoms with Gasteiger partial charge in [0, 0.05) is 35.3 Å². The van der Waals surface area contributed by atoms with E-state index in [-0.39, 0.29) is 11.1 Å². The highest BCUT2D eigenvalue weighted by molar-refractivity contribution is 6.01. The summed E-state index contributed by atoms with van der Waals surface area (Å²) in [4.78, 5) is 14.2. The molecule has 12 aromatic carbocycles. The van der Waals surface area contributed by atoms with Crippen LogP contribution in [0.25, 0.3) is 156 Å². The highest BCUT2D eigenvalue weighted by Crippen LogP contribution is 2.50. The summed E-state index contributed by atoms with van der Waals surface area (Å²) in [5, 5.41) is 0. The van der Waals surface area contributed by atoms with Crippen molar-refractivity contribution in [2.45, 2.75) is 50.9 Å². The molecule has 0 spiro atoms. The smallest absolute Gasteiger partial charge is 0.256 e. The van der Waals surface area contributed by atoms with Gasteiger partial charge >= 0.3 is 12.4 Å². The Morgan fingerprint density at radius 2 is 0.529 bits per heavy atom. The molecule has 3 nitrogen and oxygen atoms in total. The zero-order chi connectivity index (χ0) is 71.7. The van der Waals surface area contributed by atoms with Crippen molar-refractivity contribution in [1.82, 2.24) is 15.0 Å². The Balaban J connectivity index is 0.959. The van der Waals surface area contributed by atoms with Gasteiger partial charge in [0.15, 0.2) is 0 Å². The van der Waals surface area contributed by atoms with Gasteiger partial charge < -0.3 is 0 Å². The van der Waals surface area contributed by atoms with Crippen molar-refractivity contribution in [3.05, 3.63) is 357 Å². The molecule has 0 saturated heterocycles. The van der Waals surface area contributed by atoms with E-state index in [4.69, 9.17) is 15.0 Å². The van der Waals surface area contributed by atoms with Crippen LogP contribution in [0.3, 0.4) is 0 Å². The second-order valence-corrected chi connectivity index (χ2v) is 27.3. The van der Waals surface area contributed by atoms with Crippen LogP contribution >= 0.6 is 0 Å². The van der Waals surface area contributed by atoms with E-state index in [0.29, 0.717) is 17.0 Å². The van der Waals surface area contributed by atoms with Crippen LogP contribution in [-0.2, 0) is 10.8 Å². The SMILES string of the molecule is CC(C)(c1ccc(-c2ccc(-c3ccccc3-c3cc(-c4ccccc4-c4ccc(-c5ccccn5)cc4-c4ccccc4)cc(-c4ccccc4-c4ccc(-c5cc(C(C)(C)C(F)(F)F)ccn5)cc4-c4cccc(-c5ccccc5)c4)c3)c(-c3cccc(-c4ccccc4)c3)c2)nc1)C(F)(F)F. The van der Waals surface area contributed by atoms with E-state index in [9.17, 15) is 26.3 Å². The number of aromatic nitrogens is 3. The molecule has 0 unspecified atom stereocenters. The lowest BCUT2D eigenvalue weighted by Gasteiger charge is -2.28. The summed E-state index contributed by atoms with van der Waals surface area (Å²) in [7, 11) is 0. The van der Waals surface area contributed by atoms with E-state index in [1.807, 2.05) is 91.1 Å². The molecule has 15 aromatic rings. The second-order valence-electron chi connectivity index (χ2n) is 27.3. The number of hydrogen-bond acceptors (Lipinski definition) is 3. The molecular formula is C95H69F6N3. The van der Waals surface area contributed by atoms with E-state index in [1.54, 1.807) is 12.1 Å². The maximum Gasteiger partial charge on any atom is 0.397 e. The number of pyridine rings is 3.